The molecule has 1 atom stereocenters. The Morgan fingerprint density at radius 2 is 2.07 bits per heavy atom. The summed E-state index contributed by atoms with van der Waals surface area (Å²) in [4.78, 5) is 28.0. The lowest BCUT2D eigenvalue weighted by Crippen LogP contribution is -2.32. The van der Waals surface area contributed by atoms with Crippen LogP contribution >= 0.6 is 0 Å². The number of nitrogens with zero attached hydrogens (tertiary/aromatic N) is 2. The first-order valence-electron chi connectivity index (χ1n) is 8.45. The summed E-state index contributed by atoms with van der Waals surface area (Å²) in [6, 6.07) is 11.8. The lowest BCUT2D eigenvalue weighted by molar-refractivity contribution is -0.122. The number of carboxylic acid groups (broad SMARTS) is 1. The van der Waals surface area contributed by atoms with Gasteiger partial charge in [0.2, 0.25) is 5.91 Å². The van der Waals surface area contributed by atoms with E-state index in [0.29, 0.717) is 17.9 Å². The van der Waals surface area contributed by atoms with Crippen LogP contribution in [0.2, 0.25) is 0 Å². The van der Waals surface area contributed by atoms with Gasteiger partial charge in [-0.2, -0.15) is 0 Å². The van der Waals surface area contributed by atoms with Crippen LogP contribution in [0.15, 0.2) is 61.2 Å². The Hall–Kier alpha value is -3.61. The Morgan fingerprint density at radius 3 is 2.85 bits per heavy atom. The number of aromatic carboxylic acids is 1. The standard InChI is InChI=1S/C20H17N3O4/c24-18(10-23-8-7-21-12-23)22-19-15-4-2-1-3-14(15)11-27-17-6-5-13(20(25)26)9-16(17)19/h1-9,12,19H,10-11H2,(H,22,24)(H,25,26). The van der Waals surface area contributed by atoms with Gasteiger partial charge in [0.05, 0.1) is 17.9 Å². The molecule has 1 aliphatic rings. The van der Waals surface area contributed by atoms with Crippen LogP contribution in [0.5, 0.6) is 5.75 Å². The van der Waals surface area contributed by atoms with Crippen molar-refractivity contribution in [2.75, 3.05) is 0 Å². The summed E-state index contributed by atoms with van der Waals surface area (Å²) in [6.45, 7) is 0.469. The molecule has 27 heavy (non-hydrogen) atoms. The highest BCUT2D eigenvalue weighted by molar-refractivity contribution is 5.88. The van der Waals surface area contributed by atoms with Crippen LogP contribution in [0.1, 0.15) is 33.1 Å². The van der Waals surface area contributed by atoms with Crippen LogP contribution < -0.4 is 10.1 Å². The van der Waals surface area contributed by atoms with Crippen molar-refractivity contribution < 1.29 is 19.4 Å². The molecule has 0 spiro atoms. The highest BCUT2D eigenvalue weighted by Crippen LogP contribution is 2.36. The fourth-order valence-electron chi connectivity index (χ4n) is 3.22. The monoisotopic (exact) mass is 363 g/mol. The minimum atomic E-state index is -1.03. The summed E-state index contributed by atoms with van der Waals surface area (Å²) in [5, 5.41) is 12.4. The third kappa shape index (κ3) is 3.39. The van der Waals surface area contributed by atoms with Crippen LogP contribution in [0.25, 0.3) is 0 Å². The molecule has 0 saturated carbocycles. The number of ether oxygens (including phenoxy) is 1. The molecular weight excluding hydrogens is 346 g/mol. The Balaban J connectivity index is 1.74. The fourth-order valence-corrected chi connectivity index (χ4v) is 3.22. The van der Waals surface area contributed by atoms with E-state index in [-0.39, 0.29) is 18.0 Å². The maximum absolute atomic E-state index is 12.6. The van der Waals surface area contributed by atoms with Crippen molar-refractivity contribution in [2.45, 2.75) is 19.2 Å². The molecule has 2 aromatic carbocycles. The molecule has 1 unspecified atom stereocenters. The van der Waals surface area contributed by atoms with E-state index in [0.717, 1.165) is 11.1 Å². The summed E-state index contributed by atoms with van der Waals surface area (Å²) in [5.41, 5.74) is 2.60. The molecule has 0 radical (unpaired) electrons. The van der Waals surface area contributed by atoms with Crippen LogP contribution in [0, 0.1) is 0 Å². The second kappa shape index (κ2) is 6.95. The average Bonchev–Trinajstić information content (AvgIpc) is 3.12. The second-order valence-corrected chi connectivity index (χ2v) is 6.28. The van der Waals surface area contributed by atoms with Crippen LogP contribution in [-0.4, -0.2) is 26.5 Å². The molecule has 7 nitrogen and oxygen atoms in total. The van der Waals surface area contributed by atoms with Crippen LogP contribution in [0.3, 0.4) is 0 Å². The summed E-state index contributed by atoms with van der Waals surface area (Å²) < 4.78 is 7.54. The van der Waals surface area contributed by atoms with Crippen molar-refractivity contribution in [2.24, 2.45) is 0 Å². The number of hydrogen-bond donors (Lipinski definition) is 2. The third-order valence-corrected chi connectivity index (χ3v) is 4.51. The number of hydrogen-bond acceptors (Lipinski definition) is 4. The van der Waals surface area contributed by atoms with E-state index in [1.807, 2.05) is 24.3 Å². The first kappa shape index (κ1) is 16.8. The first-order chi connectivity index (χ1) is 13.1. The zero-order chi connectivity index (χ0) is 18.8. The molecule has 1 amide bonds. The van der Waals surface area contributed by atoms with E-state index in [4.69, 9.17) is 4.74 Å². The maximum atomic E-state index is 12.6. The number of carbonyl (C=O) groups is 2. The van der Waals surface area contributed by atoms with Gasteiger partial charge in [0.15, 0.2) is 0 Å². The number of benzene rings is 2. The van der Waals surface area contributed by atoms with Gasteiger partial charge in [0.1, 0.15) is 18.9 Å². The highest BCUT2D eigenvalue weighted by Gasteiger charge is 2.27. The highest BCUT2D eigenvalue weighted by atomic mass is 16.5. The SMILES string of the molecule is O=C(Cn1ccnc1)NC1c2ccccc2COc2ccc(C(=O)O)cc21. The zero-order valence-electron chi connectivity index (χ0n) is 14.3. The molecule has 0 saturated heterocycles. The molecule has 3 aromatic rings. The van der Waals surface area contributed by atoms with Gasteiger partial charge in [0, 0.05) is 18.0 Å². The Bertz CT molecular complexity index is 998. The number of imidazole rings is 1. The quantitative estimate of drug-likeness (QED) is 0.742. The van der Waals surface area contributed by atoms with Crippen LogP contribution in [0.4, 0.5) is 0 Å². The van der Waals surface area contributed by atoms with Gasteiger partial charge in [-0.15, -0.1) is 0 Å². The van der Waals surface area contributed by atoms with Crippen molar-refractivity contribution in [3.8, 4) is 5.75 Å². The van der Waals surface area contributed by atoms with Crippen molar-refractivity contribution in [1.82, 2.24) is 14.9 Å². The lowest BCUT2D eigenvalue weighted by Gasteiger charge is -2.21. The number of carboxylic acids is 1. The molecule has 1 aromatic heterocycles. The first-order valence-corrected chi connectivity index (χ1v) is 8.45. The third-order valence-electron chi connectivity index (χ3n) is 4.51. The summed E-state index contributed by atoms with van der Waals surface area (Å²) in [7, 11) is 0. The number of rotatable bonds is 4. The van der Waals surface area contributed by atoms with Crippen molar-refractivity contribution in [1.29, 1.82) is 0 Å². The Labute approximate surface area is 155 Å². The molecule has 0 fully saturated rings. The number of nitrogens with one attached hydrogen (secondary N) is 1. The van der Waals surface area contributed by atoms with E-state index < -0.39 is 12.0 Å². The predicted octanol–water partition coefficient (Wildman–Crippen LogP) is 2.38. The molecule has 4 rings (SSSR count). The minimum absolute atomic E-state index is 0.119. The summed E-state index contributed by atoms with van der Waals surface area (Å²) in [5.74, 6) is -0.677. The van der Waals surface area contributed by atoms with E-state index in [1.165, 1.54) is 6.07 Å². The Morgan fingerprint density at radius 1 is 1.22 bits per heavy atom. The number of fused-ring (bicyclic) bond motifs is 2. The molecule has 2 heterocycles. The minimum Gasteiger partial charge on any atom is -0.489 e. The zero-order valence-corrected chi connectivity index (χ0v) is 14.3. The van der Waals surface area contributed by atoms with Gasteiger partial charge in [-0.1, -0.05) is 24.3 Å². The van der Waals surface area contributed by atoms with Crippen molar-refractivity contribution >= 4 is 11.9 Å². The predicted molar refractivity (Wildman–Crippen MR) is 96.4 cm³/mol. The number of aromatic nitrogens is 2. The largest absolute Gasteiger partial charge is 0.489 e. The average molecular weight is 363 g/mol. The molecular formula is C20H17N3O4. The number of amides is 1. The molecule has 0 aliphatic carbocycles. The topological polar surface area (TPSA) is 93.5 Å². The normalized spacial score (nSPS) is 15.0. The fraction of sp³-hybridized carbons (Fsp3) is 0.150. The summed E-state index contributed by atoms with van der Waals surface area (Å²) >= 11 is 0. The maximum Gasteiger partial charge on any atom is 0.335 e. The van der Waals surface area contributed by atoms with E-state index in [2.05, 4.69) is 10.3 Å². The van der Waals surface area contributed by atoms with Crippen LogP contribution in [-0.2, 0) is 17.9 Å². The van der Waals surface area contributed by atoms with Gasteiger partial charge in [-0.25, -0.2) is 9.78 Å². The molecule has 136 valence electrons. The van der Waals surface area contributed by atoms with E-state index in [9.17, 15) is 14.7 Å². The van der Waals surface area contributed by atoms with Gasteiger partial charge in [-0.3, -0.25) is 4.79 Å². The Kier molecular flexibility index (Phi) is 4.33. The van der Waals surface area contributed by atoms with Gasteiger partial charge in [-0.05, 0) is 29.3 Å². The van der Waals surface area contributed by atoms with Gasteiger partial charge >= 0.3 is 5.97 Å². The molecule has 7 heteroatoms. The molecule has 2 N–H and O–H groups in total. The van der Waals surface area contributed by atoms with Gasteiger partial charge < -0.3 is 19.7 Å². The summed E-state index contributed by atoms with van der Waals surface area (Å²) in [6.07, 6.45) is 4.89. The number of carbonyl (C=O) groups excluding carboxylic acids is 1. The molecule has 0 bridgehead atoms. The van der Waals surface area contributed by atoms with Gasteiger partial charge in [0.25, 0.3) is 0 Å². The molecule has 1 aliphatic heterocycles. The smallest absolute Gasteiger partial charge is 0.335 e. The lowest BCUT2D eigenvalue weighted by atomic mass is 9.93. The van der Waals surface area contributed by atoms with Crippen molar-refractivity contribution in [3.05, 3.63) is 83.4 Å². The van der Waals surface area contributed by atoms with Crippen molar-refractivity contribution in [3.63, 3.8) is 0 Å². The van der Waals surface area contributed by atoms with E-state index >= 15 is 0 Å². The second-order valence-electron chi connectivity index (χ2n) is 6.28. The van der Waals surface area contributed by atoms with E-state index in [1.54, 1.807) is 35.4 Å².